The molecule has 20 heavy (non-hydrogen) atoms. The molecule has 3 aromatic rings. The summed E-state index contributed by atoms with van der Waals surface area (Å²) in [4.78, 5) is 4.43. The minimum absolute atomic E-state index is 0.155. The summed E-state index contributed by atoms with van der Waals surface area (Å²) in [5, 5.41) is 7.65. The van der Waals surface area contributed by atoms with Crippen molar-refractivity contribution in [3.8, 4) is 0 Å². The molecule has 0 aliphatic carbocycles. The highest BCUT2D eigenvalue weighted by Gasteiger charge is 2.17. The largest absolute Gasteiger partial charge is 0.424 e. The Hall–Kier alpha value is -2.30. The van der Waals surface area contributed by atoms with E-state index in [-0.39, 0.29) is 12.1 Å². The molecule has 2 atom stereocenters. The normalized spacial score (nSPS) is 14.3. The molecule has 2 aromatic heterocycles. The summed E-state index contributed by atoms with van der Waals surface area (Å²) < 4.78 is 7.63. The van der Waals surface area contributed by atoms with Crippen LogP contribution >= 0.6 is 0 Å². The molecule has 0 radical (unpaired) electrons. The van der Waals surface area contributed by atoms with E-state index in [4.69, 9.17) is 4.42 Å². The first-order valence-corrected chi connectivity index (χ1v) is 6.76. The third kappa shape index (κ3) is 2.39. The number of para-hydroxylation sites is 2. The van der Waals surface area contributed by atoms with Crippen LogP contribution in [0.25, 0.3) is 11.1 Å². The molecule has 3 rings (SSSR count). The molecule has 0 unspecified atom stereocenters. The third-order valence-electron chi connectivity index (χ3n) is 3.52. The fraction of sp³-hybridized carbons (Fsp3) is 0.333. The summed E-state index contributed by atoms with van der Waals surface area (Å²) in [5.41, 5.74) is 2.82. The van der Waals surface area contributed by atoms with Gasteiger partial charge in [0.25, 0.3) is 6.01 Å². The number of hydrogen-bond donors (Lipinski definition) is 1. The van der Waals surface area contributed by atoms with Crippen molar-refractivity contribution < 1.29 is 4.42 Å². The Kier molecular flexibility index (Phi) is 3.18. The summed E-state index contributed by atoms with van der Waals surface area (Å²) in [7, 11) is 0. The maximum absolute atomic E-state index is 5.68. The van der Waals surface area contributed by atoms with Crippen molar-refractivity contribution in [1.29, 1.82) is 0 Å². The lowest BCUT2D eigenvalue weighted by Gasteiger charge is -2.20. The molecule has 5 heteroatoms. The Bertz CT molecular complexity index is 682. The van der Waals surface area contributed by atoms with Gasteiger partial charge in [-0.2, -0.15) is 10.1 Å². The second-order valence-electron chi connectivity index (χ2n) is 5.16. The second kappa shape index (κ2) is 5.00. The molecule has 0 aliphatic rings. The minimum atomic E-state index is 0.155. The van der Waals surface area contributed by atoms with Crippen LogP contribution in [0.1, 0.15) is 25.5 Å². The van der Waals surface area contributed by atoms with Gasteiger partial charge in [0, 0.05) is 12.2 Å². The van der Waals surface area contributed by atoms with Gasteiger partial charge in [0.05, 0.1) is 12.2 Å². The highest BCUT2D eigenvalue weighted by Crippen LogP contribution is 2.21. The standard InChI is InChI=1S/C15H18N4O/c1-10-8-16-19(9-10)12(3)11(2)17-15-18-13-6-4-5-7-14(13)20-15/h4-9,11-12H,1-3H3,(H,17,18)/t11-,12-/m1/s1. The third-order valence-corrected chi connectivity index (χ3v) is 3.52. The van der Waals surface area contributed by atoms with E-state index in [1.165, 1.54) is 0 Å². The highest BCUT2D eigenvalue weighted by atomic mass is 16.4. The summed E-state index contributed by atoms with van der Waals surface area (Å²) in [6.07, 6.45) is 3.90. The summed E-state index contributed by atoms with van der Waals surface area (Å²) in [6.45, 7) is 6.25. The van der Waals surface area contributed by atoms with Crippen LogP contribution in [0.2, 0.25) is 0 Å². The van der Waals surface area contributed by atoms with Gasteiger partial charge in [-0.1, -0.05) is 12.1 Å². The van der Waals surface area contributed by atoms with E-state index in [9.17, 15) is 0 Å². The maximum atomic E-state index is 5.68. The average molecular weight is 270 g/mol. The molecule has 0 aliphatic heterocycles. The van der Waals surface area contributed by atoms with Crippen molar-refractivity contribution in [3.05, 3.63) is 42.2 Å². The zero-order valence-electron chi connectivity index (χ0n) is 11.9. The average Bonchev–Trinajstić information content (AvgIpc) is 3.03. The van der Waals surface area contributed by atoms with Crippen LogP contribution in [-0.2, 0) is 0 Å². The Labute approximate surface area is 117 Å². The first-order valence-electron chi connectivity index (χ1n) is 6.76. The number of fused-ring (bicyclic) bond motifs is 1. The van der Waals surface area contributed by atoms with Crippen molar-refractivity contribution >= 4 is 17.1 Å². The van der Waals surface area contributed by atoms with Crippen molar-refractivity contribution in [3.63, 3.8) is 0 Å². The van der Waals surface area contributed by atoms with Crippen LogP contribution in [-0.4, -0.2) is 20.8 Å². The fourth-order valence-corrected chi connectivity index (χ4v) is 2.13. The lowest BCUT2D eigenvalue weighted by atomic mass is 10.2. The number of nitrogens with one attached hydrogen (secondary N) is 1. The van der Waals surface area contributed by atoms with Gasteiger partial charge < -0.3 is 9.73 Å². The van der Waals surface area contributed by atoms with Gasteiger partial charge in [0.2, 0.25) is 0 Å². The van der Waals surface area contributed by atoms with Gasteiger partial charge >= 0.3 is 0 Å². The van der Waals surface area contributed by atoms with Crippen LogP contribution in [0, 0.1) is 6.92 Å². The van der Waals surface area contributed by atoms with Crippen LogP contribution in [0.3, 0.4) is 0 Å². The molecular formula is C15H18N4O. The number of aromatic nitrogens is 3. The molecule has 5 nitrogen and oxygen atoms in total. The smallest absolute Gasteiger partial charge is 0.295 e. The highest BCUT2D eigenvalue weighted by molar-refractivity contribution is 5.74. The number of hydrogen-bond acceptors (Lipinski definition) is 4. The van der Waals surface area contributed by atoms with Gasteiger partial charge in [0.1, 0.15) is 5.52 Å². The Morgan fingerprint density at radius 2 is 2.05 bits per heavy atom. The van der Waals surface area contributed by atoms with Gasteiger partial charge in [0.15, 0.2) is 5.58 Å². The lowest BCUT2D eigenvalue weighted by Crippen LogP contribution is -2.27. The van der Waals surface area contributed by atoms with E-state index >= 15 is 0 Å². The number of nitrogens with zero attached hydrogens (tertiary/aromatic N) is 3. The van der Waals surface area contributed by atoms with E-state index in [0.717, 1.165) is 16.7 Å². The van der Waals surface area contributed by atoms with E-state index in [2.05, 4.69) is 29.2 Å². The van der Waals surface area contributed by atoms with Crippen LogP contribution < -0.4 is 5.32 Å². The number of aryl methyl sites for hydroxylation is 1. The lowest BCUT2D eigenvalue weighted by molar-refractivity contribution is 0.434. The molecular weight excluding hydrogens is 252 g/mol. The number of anilines is 1. The van der Waals surface area contributed by atoms with Crippen LogP contribution in [0.15, 0.2) is 41.1 Å². The van der Waals surface area contributed by atoms with Crippen molar-refractivity contribution in [1.82, 2.24) is 14.8 Å². The van der Waals surface area contributed by atoms with Gasteiger partial charge in [-0.15, -0.1) is 0 Å². The number of rotatable bonds is 4. The van der Waals surface area contributed by atoms with E-state index in [1.807, 2.05) is 48.3 Å². The molecule has 0 fully saturated rings. The minimum Gasteiger partial charge on any atom is -0.424 e. The van der Waals surface area contributed by atoms with Gasteiger partial charge in [-0.05, 0) is 38.5 Å². The second-order valence-corrected chi connectivity index (χ2v) is 5.16. The molecule has 0 bridgehead atoms. The summed E-state index contributed by atoms with van der Waals surface area (Å²) >= 11 is 0. The summed E-state index contributed by atoms with van der Waals surface area (Å²) in [6, 6.07) is 8.66. The molecule has 1 aromatic carbocycles. The van der Waals surface area contributed by atoms with Crippen LogP contribution in [0.4, 0.5) is 6.01 Å². The topological polar surface area (TPSA) is 55.9 Å². The fourth-order valence-electron chi connectivity index (χ4n) is 2.13. The predicted octanol–water partition coefficient (Wildman–Crippen LogP) is 3.39. The van der Waals surface area contributed by atoms with Crippen molar-refractivity contribution in [2.45, 2.75) is 32.9 Å². The first kappa shape index (κ1) is 12.7. The van der Waals surface area contributed by atoms with E-state index < -0.39 is 0 Å². The van der Waals surface area contributed by atoms with E-state index in [1.54, 1.807) is 0 Å². The zero-order valence-corrected chi connectivity index (χ0v) is 11.9. The molecule has 0 amide bonds. The van der Waals surface area contributed by atoms with Crippen molar-refractivity contribution in [2.24, 2.45) is 0 Å². The Morgan fingerprint density at radius 1 is 1.25 bits per heavy atom. The maximum Gasteiger partial charge on any atom is 0.295 e. The van der Waals surface area contributed by atoms with Crippen molar-refractivity contribution in [2.75, 3.05) is 5.32 Å². The Balaban J connectivity index is 1.76. The molecule has 0 saturated carbocycles. The molecule has 104 valence electrons. The number of benzene rings is 1. The summed E-state index contributed by atoms with van der Waals surface area (Å²) in [5.74, 6) is 0. The van der Waals surface area contributed by atoms with Gasteiger partial charge in [-0.25, -0.2) is 0 Å². The molecule has 0 saturated heterocycles. The number of oxazole rings is 1. The monoisotopic (exact) mass is 270 g/mol. The predicted molar refractivity (Wildman–Crippen MR) is 78.8 cm³/mol. The molecule has 0 spiro atoms. The Morgan fingerprint density at radius 3 is 2.75 bits per heavy atom. The van der Waals surface area contributed by atoms with Crippen LogP contribution in [0.5, 0.6) is 0 Å². The molecule has 1 N–H and O–H groups in total. The SMILES string of the molecule is Cc1cnn([C@H](C)[C@@H](C)Nc2nc3ccccc3o2)c1. The van der Waals surface area contributed by atoms with E-state index in [0.29, 0.717) is 6.01 Å². The first-order chi connectivity index (χ1) is 9.63. The molecule has 2 heterocycles. The zero-order chi connectivity index (χ0) is 14.1. The van der Waals surface area contributed by atoms with Gasteiger partial charge in [-0.3, -0.25) is 4.68 Å². The quantitative estimate of drug-likeness (QED) is 0.789.